The summed E-state index contributed by atoms with van der Waals surface area (Å²) in [6, 6.07) is 10.9. The molecule has 2 aromatic rings. The molecule has 6 nitrogen and oxygen atoms in total. The van der Waals surface area contributed by atoms with Gasteiger partial charge < -0.3 is 14.4 Å². The molecule has 0 radical (unpaired) electrons. The predicted molar refractivity (Wildman–Crippen MR) is 124 cm³/mol. The number of piperazine rings is 1. The van der Waals surface area contributed by atoms with Crippen LogP contribution in [0.25, 0.3) is 0 Å². The summed E-state index contributed by atoms with van der Waals surface area (Å²) in [5.41, 5.74) is 1.85. The highest BCUT2D eigenvalue weighted by Crippen LogP contribution is 2.33. The fraction of sp³-hybridized carbons (Fsp3) is 0.480. The van der Waals surface area contributed by atoms with Gasteiger partial charge in [0, 0.05) is 55.8 Å². The maximum Gasteiger partial charge on any atom is 0.231 e. The van der Waals surface area contributed by atoms with E-state index in [2.05, 4.69) is 15.9 Å². The molecule has 0 aliphatic carbocycles. The second-order valence-corrected chi connectivity index (χ2v) is 9.51. The lowest BCUT2D eigenvalue weighted by atomic mass is 9.94. The van der Waals surface area contributed by atoms with E-state index in [1.54, 1.807) is 12.1 Å². The highest BCUT2D eigenvalue weighted by Gasteiger charge is 2.30. The molecule has 5 rings (SSSR count). The molecule has 0 N–H and O–H groups in total. The van der Waals surface area contributed by atoms with E-state index < -0.39 is 0 Å². The summed E-state index contributed by atoms with van der Waals surface area (Å²) in [5.74, 6) is 1.69. The Morgan fingerprint density at radius 2 is 1.64 bits per heavy atom. The Hall–Kier alpha value is -2.35. The number of halogens is 2. The number of carbonyl (C=O) groups is 1. The second kappa shape index (κ2) is 9.87. The summed E-state index contributed by atoms with van der Waals surface area (Å²) < 4.78 is 25.0. The minimum absolute atomic E-state index is 0.0664. The molecule has 2 aromatic carbocycles. The number of benzene rings is 2. The molecular formula is C25H29ClFN3O3. The van der Waals surface area contributed by atoms with Gasteiger partial charge in [-0.15, -0.1) is 0 Å². The van der Waals surface area contributed by atoms with Crippen molar-refractivity contribution in [2.75, 3.05) is 46.1 Å². The van der Waals surface area contributed by atoms with Crippen molar-refractivity contribution in [2.24, 2.45) is 5.92 Å². The Kier molecular flexibility index (Phi) is 6.71. The van der Waals surface area contributed by atoms with Crippen molar-refractivity contribution in [3.05, 3.63) is 58.4 Å². The predicted octanol–water partition coefficient (Wildman–Crippen LogP) is 3.76. The van der Waals surface area contributed by atoms with Crippen molar-refractivity contribution in [1.29, 1.82) is 0 Å². The lowest BCUT2D eigenvalue weighted by molar-refractivity contribution is -0.139. The molecule has 176 valence electrons. The lowest BCUT2D eigenvalue weighted by Gasteiger charge is -2.38. The van der Waals surface area contributed by atoms with Gasteiger partial charge in [0.1, 0.15) is 5.82 Å². The molecule has 2 saturated heterocycles. The van der Waals surface area contributed by atoms with Gasteiger partial charge in [-0.25, -0.2) is 4.39 Å². The molecule has 0 unspecified atom stereocenters. The van der Waals surface area contributed by atoms with Crippen LogP contribution in [0.5, 0.6) is 11.5 Å². The van der Waals surface area contributed by atoms with Crippen LogP contribution in [0.1, 0.15) is 24.0 Å². The van der Waals surface area contributed by atoms with Gasteiger partial charge in [0.15, 0.2) is 11.5 Å². The van der Waals surface area contributed by atoms with Crippen molar-refractivity contribution in [2.45, 2.75) is 25.9 Å². The summed E-state index contributed by atoms with van der Waals surface area (Å²) in [6.45, 7) is 6.57. The standard InChI is InChI=1S/C25H29ClFN3O3/c26-21-3-2-20(22(27)14-21)16-28-7-5-19(6-8-28)25(31)30-11-9-29(10-12-30)15-18-1-4-23-24(13-18)33-17-32-23/h1-4,13-14,19H,5-12,15-17H2. The molecule has 0 saturated carbocycles. The number of piperidine rings is 1. The maximum absolute atomic E-state index is 14.1. The van der Waals surface area contributed by atoms with Crippen molar-refractivity contribution in [1.82, 2.24) is 14.7 Å². The molecule has 3 aliphatic rings. The third-order valence-electron chi connectivity index (χ3n) is 6.87. The van der Waals surface area contributed by atoms with Gasteiger partial charge in [-0.05, 0) is 55.8 Å². The Bertz CT molecular complexity index is 1000. The molecule has 0 bridgehead atoms. The van der Waals surface area contributed by atoms with Gasteiger partial charge >= 0.3 is 0 Å². The molecule has 1 amide bonds. The number of hydrogen-bond acceptors (Lipinski definition) is 5. The Morgan fingerprint density at radius 3 is 2.39 bits per heavy atom. The average Bonchev–Trinajstić information content (AvgIpc) is 3.29. The lowest BCUT2D eigenvalue weighted by Crippen LogP contribution is -2.51. The van der Waals surface area contributed by atoms with Crippen LogP contribution in [0.3, 0.4) is 0 Å². The quantitative estimate of drug-likeness (QED) is 0.661. The first kappa shape index (κ1) is 22.4. The van der Waals surface area contributed by atoms with Crippen molar-refractivity contribution in [3.63, 3.8) is 0 Å². The monoisotopic (exact) mass is 473 g/mol. The third-order valence-corrected chi connectivity index (χ3v) is 7.11. The van der Waals surface area contributed by atoms with E-state index in [4.69, 9.17) is 21.1 Å². The Labute approximate surface area is 198 Å². The van der Waals surface area contributed by atoms with Crippen molar-refractivity contribution >= 4 is 17.5 Å². The average molecular weight is 474 g/mol. The molecular weight excluding hydrogens is 445 g/mol. The van der Waals surface area contributed by atoms with Gasteiger partial charge in [-0.2, -0.15) is 0 Å². The van der Waals surface area contributed by atoms with E-state index in [1.807, 2.05) is 17.0 Å². The van der Waals surface area contributed by atoms with E-state index >= 15 is 0 Å². The van der Waals surface area contributed by atoms with Gasteiger partial charge in [-0.1, -0.05) is 23.7 Å². The molecule has 8 heteroatoms. The highest BCUT2D eigenvalue weighted by atomic mass is 35.5. The van der Waals surface area contributed by atoms with Crippen LogP contribution in [0.2, 0.25) is 5.02 Å². The number of hydrogen-bond donors (Lipinski definition) is 0. The van der Waals surface area contributed by atoms with Crippen LogP contribution < -0.4 is 9.47 Å². The zero-order chi connectivity index (χ0) is 22.8. The van der Waals surface area contributed by atoms with Crippen molar-refractivity contribution < 1.29 is 18.7 Å². The van der Waals surface area contributed by atoms with E-state index in [0.29, 0.717) is 17.1 Å². The first-order valence-electron chi connectivity index (χ1n) is 11.6. The number of nitrogens with zero attached hydrogens (tertiary/aromatic N) is 3. The first-order chi connectivity index (χ1) is 16.0. The van der Waals surface area contributed by atoms with Crippen LogP contribution in [0.15, 0.2) is 36.4 Å². The number of ether oxygens (including phenoxy) is 2. The van der Waals surface area contributed by atoms with Crippen LogP contribution in [0.4, 0.5) is 4.39 Å². The van der Waals surface area contributed by atoms with Crippen LogP contribution in [0, 0.1) is 11.7 Å². The molecule has 0 aromatic heterocycles. The van der Waals surface area contributed by atoms with Gasteiger partial charge in [0.25, 0.3) is 0 Å². The Morgan fingerprint density at radius 1 is 0.909 bits per heavy atom. The summed E-state index contributed by atoms with van der Waals surface area (Å²) in [5, 5.41) is 0.413. The van der Waals surface area contributed by atoms with Crippen LogP contribution in [-0.2, 0) is 17.9 Å². The summed E-state index contributed by atoms with van der Waals surface area (Å²) in [4.78, 5) is 19.7. The second-order valence-electron chi connectivity index (χ2n) is 9.08. The largest absolute Gasteiger partial charge is 0.454 e. The number of rotatable bonds is 5. The van der Waals surface area contributed by atoms with Gasteiger partial charge in [-0.3, -0.25) is 14.6 Å². The van der Waals surface area contributed by atoms with E-state index in [0.717, 1.165) is 70.2 Å². The summed E-state index contributed by atoms with van der Waals surface area (Å²) >= 11 is 5.85. The number of amides is 1. The molecule has 33 heavy (non-hydrogen) atoms. The fourth-order valence-electron chi connectivity index (χ4n) is 4.91. The molecule has 0 atom stereocenters. The Balaban J connectivity index is 1.07. The van der Waals surface area contributed by atoms with Crippen LogP contribution >= 0.6 is 11.6 Å². The smallest absolute Gasteiger partial charge is 0.231 e. The SMILES string of the molecule is O=C(C1CCN(Cc2ccc(Cl)cc2F)CC1)N1CCN(Cc2ccc3c(c2)OCO3)CC1. The highest BCUT2D eigenvalue weighted by molar-refractivity contribution is 6.30. The molecule has 3 aliphatic heterocycles. The van der Waals surface area contributed by atoms with E-state index in [1.165, 1.54) is 11.6 Å². The zero-order valence-corrected chi connectivity index (χ0v) is 19.4. The zero-order valence-electron chi connectivity index (χ0n) is 18.6. The fourth-order valence-corrected chi connectivity index (χ4v) is 5.07. The van der Waals surface area contributed by atoms with Crippen molar-refractivity contribution in [3.8, 4) is 11.5 Å². The molecule has 3 heterocycles. The first-order valence-corrected chi connectivity index (χ1v) is 12.0. The number of carbonyl (C=O) groups excluding carboxylic acids is 1. The topological polar surface area (TPSA) is 45.3 Å². The normalized spacial score (nSPS) is 19.8. The van der Waals surface area contributed by atoms with E-state index in [9.17, 15) is 9.18 Å². The molecule has 2 fully saturated rings. The minimum Gasteiger partial charge on any atom is -0.454 e. The minimum atomic E-state index is -0.265. The van der Waals surface area contributed by atoms with Gasteiger partial charge in [0.05, 0.1) is 0 Å². The summed E-state index contributed by atoms with van der Waals surface area (Å²) in [7, 11) is 0. The van der Waals surface area contributed by atoms with Gasteiger partial charge in [0.2, 0.25) is 12.7 Å². The third kappa shape index (κ3) is 5.26. The molecule has 0 spiro atoms. The summed E-state index contributed by atoms with van der Waals surface area (Å²) in [6.07, 6.45) is 1.65. The van der Waals surface area contributed by atoms with E-state index in [-0.39, 0.29) is 24.4 Å². The number of likely N-dealkylation sites (tertiary alicyclic amines) is 1. The van der Waals surface area contributed by atoms with Crippen LogP contribution in [-0.4, -0.2) is 66.7 Å². The number of fused-ring (bicyclic) bond motifs is 1. The maximum atomic E-state index is 14.1.